The number of rotatable bonds is 5. The minimum atomic E-state index is 0.795. The van der Waals surface area contributed by atoms with E-state index in [1.807, 2.05) is 12.1 Å². The van der Waals surface area contributed by atoms with Crippen LogP contribution in [0.3, 0.4) is 0 Å². The number of benzene rings is 2. The van der Waals surface area contributed by atoms with Crippen molar-refractivity contribution < 1.29 is 4.74 Å². The Kier molecular flexibility index (Phi) is 3.80. The summed E-state index contributed by atoms with van der Waals surface area (Å²) in [4.78, 5) is 0. The van der Waals surface area contributed by atoms with E-state index in [1.165, 1.54) is 11.1 Å². The van der Waals surface area contributed by atoms with Gasteiger partial charge in [-0.05, 0) is 37.1 Å². The van der Waals surface area contributed by atoms with Crippen LogP contribution in [0.2, 0.25) is 0 Å². The maximum Gasteiger partial charge on any atom is 0.127 e. The first kappa shape index (κ1) is 12.2. The van der Waals surface area contributed by atoms with Gasteiger partial charge in [0, 0.05) is 5.56 Å². The highest BCUT2D eigenvalue weighted by atomic mass is 16.5. The second-order valence-corrected chi connectivity index (χ2v) is 5.02. The van der Waals surface area contributed by atoms with Crippen LogP contribution in [0.25, 0.3) is 11.1 Å². The van der Waals surface area contributed by atoms with E-state index in [1.54, 1.807) is 0 Å². The number of para-hydroxylation sites is 1. The molecule has 1 N–H and O–H groups in total. The zero-order valence-electron chi connectivity index (χ0n) is 11.0. The Labute approximate surface area is 114 Å². The maximum atomic E-state index is 5.97. The van der Waals surface area contributed by atoms with Gasteiger partial charge in [-0.25, -0.2) is 0 Å². The highest BCUT2D eigenvalue weighted by molar-refractivity contribution is 5.70. The zero-order valence-corrected chi connectivity index (χ0v) is 11.0. The maximum absolute atomic E-state index is 5.97. The topological polar surface area (TPSA) is 21.3 Å². The minimum absolute atomic E-state index is 0.795. The fourth-order valence-electron chi connectivity index (χ4n) is 2.34. The molecule has 2 aromatic carbocycles. The summed E-state index contributed by atoms with van der Waals surface area (Å²) in [6.07, 6.45) is 1.14. The number of hydrogen-bond acceptors (Lipinski definition) is 2. The van der Waals surface area contributed by atoms with Crippen LogP contribution >= 0.6 is 0 Å². The normalized spacial score (nSPS) is 14.9. The second kappa shape index (κ2) is 5.89. The van der Waals surface area contributed by atoms with E-state index < -0.39 is 0 Å². The van der Waals surface area contributed by atoms with Crippen molar-refractivity contribution in [3.05, 3.63) is 54.6 Å². The average Bonchev–Trinajstić information content (AvgIpc) is 2.43. The molecule has 0 amide bonds. The molecule has 0 aliphatic carbocycles. The van der Waals surface area contributed by atoms with E-state index in [4.69, 9.17) is 4.74 Å². The summed E-state index contributed by atoms with van der Waals surface area (Å²) in [5.74, 6) is 1.78. The van der Waals surface area contributed by atoms with Crippen molar-refractivity contribution in [3.8, 4) is 16.9 Å². The molecule has 1 fully saturated rings. The lowest BCUT2D eigenvalue weighted by Gasteiger charge is -2.27. The predicted molar refractivity (Wildman–Crippen MR) is 78.3 cm³/mol. The van der Waals surface area contributed by atoms with E-state index in [0.717, 1.165) is 37.8 Å². The highest BCUT2D eigenvalue weighted by Gasteiger charge is 2.16. The number of hydrogen-bond donors (Lipinski definition) is 1. The van der Waals surface area contributed by atoms with Crippen molar-refractivity contribution in [1.82, 2.24) is 5.32 Å². The molecule has 0 spiro atoms. The Morgan fingerprint density at radius 2 is 1.68 bits per heavy atom. The van der Waals surface area contributed by atoms with Crippen LogP contribution in [0.4, 0.5) is 0 Å². The SMILES string of the molecule is c1ccc(-c2ccccc2OCCC2CNC2)cc1. The van der Waals surface area contributed by atoms with Gasteiger partial charge in [-0.2, -0.15) is 0 Å². The molecule has 0 atom stereocenters. The molecule has 0 bridgehead atoms. The van der Waals surface area contributed by atoms with E-state index in [-0.39, 0.29) is 0 Å². The molecule has 2 heteroatoms. The molecule has 19 heavy (non-hydrogen) atoms. The summed E-state index contributed by atoms with van der Waals surface area (Å²) < 4.78 is 5.97. The van der Waals surface area contributed by atoms with Gasteiger partial charge in [-0.15, -0.1) is 0 Å². The van der Waals surface area contributed by atoms with Gasteiger partial charge in [0.05, 0.1) is 6.61 Å². The first-order chi connectivity index (χ1) is 9.43. The van der Waals surface area contributed by atoms with Crippen LogP contribution < -0.4 is 10.1 Å². The predicted octanol–water partition coefficient (Wildman–Crippen LogP) is 3.34. The van der Waals surface area contributed by atoms with Gasteiger partial charge < -0.3 is 10.1 Å². The first-order valence-corrected chi connectivity index (χ1v) is 6.91. The van der Waals surface area contributed by atoms with E-state index in [9.17, 15) is 0 Å². The van der Waals surface area contributed by atoms with Crippen molar-refractivity contribution in [3.63, 3.8) is 0 Å². The summed E-state index contributed by atoms with van der Waals surface area (Å²) in [7, 11) is 0. The molecule has 2 aromatic rings. The minimum Gasteiger partial charge on any atom is -0.493 e. The lowest BCUT2D eigenvalue weighted by molar-refractivity contribution is 0.239. The molecular weight excluding hydrogens is 234 g/mol. The summed E-state index contributed by atoms with van der Waals surface area (Å²) in [5.41, 5.74) is 2.39. The summed E-state index contributed by atoms with van der Waals surface area (Å²) in [6.45, 7) is 3.09. The Morgan fingerprint density at radius 1 is 0.947 bits per heavy atom. The molecule has 0 saturated carbocycles. The third kappa shape index (κ3) is 2.96. The third-order valence-electron chi connectivity index (χ3n) is 3.62. The smallest absolute Gasteiger partial charge is 0.127 e. The van der Waals surface area contributed by atoms with Gasteiger partial charge in [-0.3, -0.25) is 0 Å². The largest absolute Gasteiger partial charge is 0.493 e. The Balaban J connectivity index is 1.70. The van der Waals surface area contributed by atoms with Crippen LogP contribution in [-0.4, -0.2) is 19.7 Å². The van der Waals surface area contributed by atoms with Gasteiger partial charge >= 0.3 is 0 Å². The van der Waals surface area contributed by atoms with Crippen molar-refractivity contribution in [2.45, 2.75) is 6.42 Å². The summed E-state index contributed by atoms with van der Waals surface area (Å²) in [5, 5.41) is 3.29. The van der Waals surface area contributed by atoms with E-state index in [0.29, 0.717) is 0 Å². The van der Waals surface area contributed by atoms with Gasteiger partial charge in [0.1, 0.15) is 5.75 Å². The Morgan fingerprint density at radius 3 is 2.42 bits per heavy atom. The fourth-order valence-corrected chi connectivity index (χ4v) is 2.34. The van der Waals surface area contributed by atoms with Gasteiger partial charge in [0.25, 0.3) is 0 Å². The molecule has 1 heterocycles. The lowest BCUT2D eigenvalue weighted by Crippen LogP contribution is -2.42. The number of ether oxygens (including phenoxy) is 1. The van der Waals surface area contributed by atoms with E-state index >= 15 is 0 Å². The highest BCUT2D eigenvalue weighted by Crippen LogP contribution is 2.29. The monoisotopic (exact) mass is 253 g/mol. The third-order valence-corrected chi connectivity index (χ3v) is 3.62. The zero-order chi connectivity index (χ0) is 12.9. The fraction of sp³-hybridized carbons (Fsp3) is 0.294. The molecule has 2 nitrogen and oxygen atoms in total. The van der Waals surface area contributed by atoms with Crippen LogP contribution in [0.1, 0.15) is 6.42 Å². The molecule has 1 aliphatic rings. The lowest BCUT2D eigenvalue weighted by atomic mass is 10.0. The summed E-state index contributed by atoms with van der Waals surface area (Å²) in [6, 6.07) is 18.7. The Bertz CT molecular complexity index is 520. The molecule has 3 rings (SSSR count). The van der Waals surface area contributed by atoms with Crippen molar-refractivity contribution >= 4 is 0 Å². The molecule has 1 saturated heterocycles. The van der Waals surface area contributed by atoms with Gasteiger partial charge in [0.2, 0.25) is 0 Å². The van der Waals surface area contributed by atoms with Crippen LogP contribution in [0.15, 0.2) is 54.6 Å². The first-order valence-electron chi connectivity index (χ1n) is 6.91. The van der Waals surface area contributed by atoms with Gasteiger partial charge in [-0.1, -0.05) is 48.5 Å². The van der Waals surface area contributed by atoms with Crippen molar-refractivity contribution in [1.29, 1.82) is 0 Å². The van der Waals surface area contributed by atoms with Gasteiger partial charge in [0.15, 0.2) is 0 Å². The van der Waals surface area contributed by atoms with E-state index in [2.05, 4.69) is 47.8 Å². The molecule has 0 radical (unpaired) electrons. The van der Waals surface area contributed by atoms with Crippen LogP contribution in [-0.2, 0) is 0 Å². The Hall–Kier alpha value is -1.80. The van der Waals surface area contributed by atoms with Crippen LogP contribution in [0, 0.1) is 5.92 Å². The van der Waals surface area contributed by atoms with Crippen molar-refractivity contribution in [2.24, 2.45) is 5.92 Å². The van der Waals surface area contributed by atoms with Crippen LogP contribution in [0.5, 0.6) is 5.75 Å². The van der Waals surface area contributed by atoms with Crippen molar-refractivity contribution in [2.75, 3.05) is 19.7 Å². The molecule has 0 unspecified atom stereocenters. The quantitative estimate of drug-likeness (QED) is 0.882. The second-order valence-electron chi connectivity index (χ2n) is 5.02. The number of nitrogens with one attached hydrogen (secondary N) is 1. The average molecular weight is 253 g/mol. The summed E-state index contributed by atoms with van der Waals surface area (Å²) >= 11 is 0. The molecular formula is C17H19NO. The molecule has 98 valence electrons. The molecule has 1 aliphatic heterocycles. The molecule has 0 aromatic heterocycles. The standard InChI is InChI=1S/C17H19NO/c1-2-6-15(7-3-1)16-8-4-5-9-17(16)19-11-10-14-12-18-13-14/h1-9,14,18H,10-13H2.